The number of carbonyl (C=O) groups excluding carboxylic acids is 2. The fourth-order valence-corrected chi connectivity index (χ4v) is 34.8. The van der Waals surface area contributed by atoms with Gasteiger partial charge in [-0.25, -0.2) is 0 Å². The Kier molecular flexibility index (Phi) is 25.7. The van der Waals surface area contributed by atoms with Crippen molar-refractivity contribution in [3.63, 3.8) is 0 Å². The first-order valence-corrected chi connectivity index (χ1v) is 28.5. The van der Waals surface area contributed by atoms with Gasteiger partial charge in [0.15, 0.2) is 0 Å². The second-order valence-electron chi connectivity index (χ2n) is 10.5. The zero-order valence-electron chi connectivity index (χ0n) is 25.2. The predicted molar refractivity (Wildman–Crippen MR) is 168 cm³/mol. The van der Waals surface area contributed by atoms with Crippen LogP contribution >= 0.6 is 17.9 Å². The molecular weight excluding hydrogens is 607 g/mol. The summed E-state index contributed by atoms with van der Waals surface area (Å²) in [4.78, 5) is 25.0. The van der Waals surface area contributed by atoms with E-state index in [1.807, 2.05) is 0 Å². The zero-order valence-corrected chi connectivity index (χ0v) is 29.7. The zero-order chi connectivity index (χ0) is 27.8. The summed E-state index contributed by atoms with van der Waals surface area (Å²) in [5.41, 5.74) is 0. The summed E-state index contributed by atoms with van der Waals surface area (Å²) in [6.07, 6.45) is 15.2. The van der Waals surface area contributed by atoms with Gasteiger partial charge >= 0.3 is 241 Å². The first-order chi connectivity index (χ1) is 17.9. The monoisotopic (exact) mass is 668 g/mol. The molecule has 0 aliphatic carbocycles. The van der Waals surface area contributed by atoms with Gasteiger partial charge < -0.3 is 0 Å². The second kappa shape index (κ2) is 25.4. The molecule has 2 unspecified atom stereocenters. The Bertz CT molecular complexity index is 514. The maximum atomic E-state index is 12.5. The first-order valence-electron chi connectivity index (χ1n) is 15.5. The van der Waals surface area contributed by atoms with Crippen molar-refractivity contribution in [3.05, 3.63) is 0 Å². The molecule has 220 valence electrons. The van der Waals surface area contributed by atoms with Crippen LogP contribution in [0.5, 0.6) is 0 Å². The molecule has 4 nitrogen and oxygen atoms in total. The van der Waals surface area contributed by atoms with Gasteiger partial charge in [0.2, 0.25) is 0 Å². The number of unbranched alkanes of at least 4 members (excludes halogenated alkanes) is 4. The van der Waals surface area contributed by atoms with Crippen LogP contribution in [0.25, 0.3) is 0 Å². The van der Waals surface area contributed by atoms with Crippen molar-refractivity contribution in [1.29, 1.82) is 0 Å². The van der Waals surface area contributed by atoms with Crippen molar-refractivity contribution in [1.82, 2.24) is 0 Å². The molecule has 0 aliphatic heterocycles. The summed E-state index contributed by atoms with van der Waals surface area (Å²) in [6.45, 7) is 14.5. The number of rotatable bonds is 26. The molecule has 0 spiro atoms. The minimum absolute atomic E-state index is 0.0317. The molecule has 0 aromatic heterocycles. The van der Waals surface area contributed by atoms with Crippen molar-refractivity contribution in [2.45, 2.75) is 140 Å². The van der Waals surface area contributed by atoms with Crippen LogP contribution in [-0.2, 0) is 19.1 Å². The van der Waals surface area contributed by atoms with Crippen LogP contribution in [0.4, 0.5) is 0 Å². The van der Waals surface area contributed by atoms with E-state index in [0.29, 0.717) is 37.9 Å². The third kappa shape index (κ3) is 20.0. The molecule has 0 aromatic carbocycles. The summed E-state index contributed by atoms with van der Waals surface area (Å²) >= 11 is -2.59. The Morgan fingerprint density at radius 3 is 1.32 bits per heavy atom. The van der Waals surface area contributed by atoms with E-state index in [1.54, 1.807) is 0 Å². The molecule has 0 aromatic rings. The average Bonchev–Trinajstić information content (AvgIpc) is 2.90. The predicted octanol–water partition coefficient (Wildman–Crippen LogP) is 9.79. The molecule has 0 amide bonds. The first kappa shape index (κ1) is 37.4. The fraction of sp³-hybridized carbons (Fsp3) is 0.933. The molecule has 0 radical (unpaired) electrons. The topological polar surface area (TPSA) is 52.6 Å². The van der Waals surface area contributed by atoms with Crippen LogP contribution in [0.3, 0.4) is 0 Å². The molecule has 0 aliphatic rings. The van der Waals surface area contributed by atoms with Gasteiger partial charge in [-0.1, -0.05) is 0 Å². The maximum absolute atomic E-state index is 12.5. The Labute approximate surface area is 240 Å². The number of esters is 2. The van der Waals surface area contributed by atoms with Gasteiger partial charge in [0.25, 0.3) is 0 Å². The summed E-state index contributed by atoms with van der Waals surface area (Å²) in [7, 11) is 4.27. The molecular formula is C30H60O4S2Sn. The standard InChI is InChI=1S/2C11H22O2S.2C4H9.Sn/c2*1-3-5-6-10(4-2)9-13-11(12)7-8-14;2*1-3-4-2;/h2*10,14H,3-9H2,1-2H3;2*1,3-4H2,2H3;/q;;;;+2/p-2. The number of carbonyl (C=O) groups is 2. The van der Waals surface area contributed by atoms with E-state index in [0.717, 1.165) is 37.2 Å². The third-order valence-electron chi connectivity index (χ3n) is 7.21. The van der Waals surface area contributed by atoms with Gasteiger partial charge in [-0.05, 0) is 0 Å². The van der Waals surface area contributed by atoms with E-state index in [1.165, 1.54) is 60.2 Å². The molecule has 0 saturated heterocycles. The molecule has 0 heterocycles. The van der Waals surface area contributed by atoms with Crippen LogP contribution in [-0.4, -0.2) is 52.3 Å². The van der Waals surface area contributed by atoms with E-state index in [9.17, 15) is 9.59 Å². The summed E-state index contributed by atoms with van der Waals surface area (Å²) < 4.78 is 14.0. The van der Waals surface area contributed by atoms with Crippen molar-refractivity contribution < 1.29 is 19.1 Å². The van der Waals surface area contributed by atoms with Crippen LogP contribution in [0.1, 0.15) is 131 Å². The van der Waals surface area contributed by atoms with E-state index in [4.69, 9.17) is 9.47 Å². The Morgan fingerprint density at radius 2 is 1.00 bits per heavy atom. The van der Waals surface area contributed by atoms with Gasteiger partial charge in [-0.3, -0.25) is 0 Å². The number of hydrogen-bond acceptors (Lipinski definition) is 6. The van der Waals surface area contributed by atoms with Crippen molar-refractivity contribution in [2.24, 2.45) is 11.8 Å². The van der Waals surface area contributed by atoms with E-state index < -0.39 is 15.6 Å². The normalized spacial score (nSPS) is 13.4. The summed E-state index contributed by atoms with van der Waals surface area (Å²) in [5.74, 6) is 2.69. The SMILES string of the molecule is CCCCC(CC)COC(=O)CC[S][Sn]([CH2]CCC)([CH2]CCC)[S]CCC(=O)OCC(CC)CCCC. The quantitative estimate of drug-likeness (QED) is 0.0677. The second-order valence-corrected chi connectivity index (χ2v) is 37.1. The molecule has 0 fully saturated rings. The molecule has 2 atom stereocenters. The van der Waals surface area contributed by atoms with Crippen molar-refractivity contribution in [2.75, 3.05) is 24.7 Å². The van der Waals surface area contributed by atoms with Gasteiger partial charge in [0.1, 0.15) is 0 Å². The van der Waals surface area contributed by atoms with E-state index in [-0.39, 0.29) is 11.9 Å². The molecule has 0 bridgehead atoms. The molecule has 0 saturated carbocycles. The fourth-order valence-electron chi connectivity index (χ4n) is 4.35. The third-order valence-corrected chi connectivity index (χ3v) is 38.2. The van der Waals surface area contributed by atoms with Gasteiger partial charge in [-0.2, -0.15) is 0 Å². The Hall–Kier alpha value is 0.439. The molecule has 0 N–H and O–H groups in total. The summed E-state index contributed by atoms with van der Waals surface area (Å²) in [5, 5.41) is 0. The van der Waals surface area contributed by atoms with Crippen LogP contribution in [0.15, 0.2) is 0 Å². The van der Waals surface area contributed by atoms with Gasteiger partial charge in [0.05, 0.1) is 0 Å². The molecule has 7 heteroatoms. The Morgan fingerprint density at radius 1 is 0.622 bits per heavy atom. The molecule has 37 heavy (non-hydrogen) atoms. The number of ether oxygens (including phenoxy) is 2. The minimum atomic E-state index is -2.59. The van der Waals surface area contributed by atoms with Crippen molar-refractivity contribution in [3.8, 4) is 0 Å². The van der Waals surface area contributed by atoms with Crippen LogP contribution in [0.2, 0.25) is 8.87 Å². The number of hydrogen-bond donors (Lipinski definition) is 0. The van der Waals surface area contributed by atoms with Gasteiger partial charge in [0, 0.05) is 0 Å². The van der Waals surface area contributed by atoms with Crippen LogP contribution in [0, 0.1) is 11.8 Å². The summed E-state index contributed by atoms with van der Waals surface area (Å²) in [6, 6.07) is 0. The molecule has 0 rings (SSSR count). The van der Waals surface area contributed by atoms with Crippen LogP contribution < -0.4 is 0 Å². The van der Waals surface area contributed by atoms with Crippen molar-refractivity contribution >= 4 is 45.4 Å². The van der Waals surface area contributed by atoms with Gasteiger partial charge in [-0.15, -0.1) is 0 Å². The van der Waals surface area contributed by atoms with E-state index >= 15 is 0 Å². The Balaban J connectivity index is 4.78. The van der Waals surface area contributed by atoms with E-state index in [2.05, 4.69) is 59.4 Å². The average molecular weight is 668 g/mol.